The van der Waals surface area contributed by atoms with Gasteiger partial charge in [0.1, 0.15) is 5.76 Å². The molecule has 32 heavy (non-hydrogen) atoms. The minimum atomic E-state index is -0.0940. The first kappa shape index (κ1) is 20.2. The summed E-state index contributed by atoms with van der Waals surface area (Å²) in [4.78, 5) is 20.0. The number of carbonyl (C=O) groups excluding carboxylic acids is 1. The van der Waals surface area contributed by atoms with Gasteiger partial charge in [-0.05, 0) is 66.4 Å². The van der Waals surface area contributed by atoms with Gasteiger partial charge in [0.25, 0.3) is 5.91 Å². The van der Waals surface area contributed by atoms with Crippen LogP contribution in [0.5, 0.6) is 0 Å². The number of aryl methyl sites for hydroxylation is 1. The Balaban J connectivity index is 1.44. The van der Waals surface area contributed by atoms with E-state index in [4.69, 9.17) is 9.40 Å². The molecule has 4 nitrogen and oxygen atoms in total. The lowest BCUT2D eigenvalue weighted by Gasteiger charge is -2.19. The van der Waals surface area contributed by atoms with E-state index >= 15 is 0 Å². The van der Waals surface area contributed by atoms with Crippen molar-refractivity contribution in [3.05, 3.63) is 119 Å². The second kappa shape index (κ2) is 8.81. The number of fused-ring (bicyclic) bond motifs is 1. The molecular weight excluding hydrogens is 416 g/mol. The number of furan rings is 1. The van der Waals surface area contributed by atoms with Gasteiger partial charge in [0.05, 0.1) is 23.0 Å². The van der Waals surface area contributed by atoms with E-state index in [-0.39, 0.29) is 5.91 Å². The molecule has 0 N–H and O–H groups in total. The van der Waals surface area contributed by atoms with Crippen LogP contribution in [0.2, 0.25) is 0 Å². The Morgan fingerprint density at radius 1 is 0.938 bits per heavy atom. The second-order valence-electron chi connectivity index (χ2n) is 7.80. The maximum atomic E-state index is 13.5. The predicted octanol–water partition coefficient (Wildman–Crippen LogP) is 6.64. The van der Waals surface area contributed by atoms with E-state index in [2.05, 4.69) is 25.1 Å². The Hall–Kier alpha value is -3.70. The van der Waals surface area contributed by atoms with Crippen molar-refractivity contribution in [1.82, 2.24) is 4.98 Å². The van der Waals surface area contributed by atoms with Crippen molar-refractivity contribution in [2.75, 3.05) is 4.90 Å². The SMILES string of the molecule is Cc1ccc2nc(N(Cc3ccco3)C(=O)c3ccc(Cc4ccccc4)cc3)sc2c1. The quantitative estimate of drug-likeness (QED) is 0.299. The number of aromatic nitrogens is 1. The number of carbonyl (C=O) groups is 1. The van der Waals surface area contributed by atoms with Gasteiger partial charge in [0, 0.05) is 5.56 Å². The summed E-state index contributed by atoms with van der Waals surface area (Å²) < 4.78 is 6.60. The number of nitrogens with zero attached hydrogens (tertiary/aromatic N) is 2. The maximum absolute atomic E-state index is 13.5. The lowest BCUT2D eigenvalue weighted by Crippen LogP contribution is -2.30. The third-order valence-electron chi connectivity index (χ3n) is 5.35. The van der Waals surface area contributed by atoms with Crippen molar-refractivity contribution < 1.29 is 9.21 Å². The lowest BCUT2D eigenvalue weighted by molar-refractivity contribution is 0.0983. The van der Waals surface area contributed by atoms with Gasteiger partial charge in [-0.1, -0.05) is 59.9 Å². The predicted molar refractivity (Wildman–Crippen MR) is 129 cm³/mol. The molecule has 3 aromatic carbocycles. The molecule has 0 aliphatic carbocycles. The van der Waals surface area contributed by atoms with Gasteiger partial charge in [-0.3, -0.25) is 9.69 Å². The van der Waals surface area contributed by atoms with Crippen LogP contribution in [0, 0.1) is 6.92 Å². The number of benzene rings is 3. The zero-order valence-electron chi connectivity index (χ0n) is 17.7. The Morgan fingerprint density at radius 2 is 1.72 bits per heavy atom. The first-order valence-electron chi connectivity index (χ1n) is 10.5. The van der Waals surface area contributed by atoms with E-state index in [0.29, 0.717) is 17.2 Å². The molecule has 158 valence electrons. The van der Waals surface area contributed by atoms with Crippen LogP contribution in [0.3, 0.4) is 0 Å². The summed E-state index contributed by atoms with van der Waals surface area (Å²) in [5.41, 5.74) is 5.11. The monoisotopic (exact) mass is 438 g/mol. The molecule has 2 heterocycles. The average molecular weight is 439 g/mol. The highest BCUT2D eigenvalue weighted by molar-refractivity contribution is 7.22. The van der Waals surface area contributed by atoms with E-state index in [9.17, 15) is 4.79 Å². The normalized spacial score (nSPS) is 11.0. The molecule has 0 atom stereocenters. The van der Waals surface area contributed by atoms with Crippen LogP contribution in [0.25, 0.3) is 10.2 Å². The number of hydrogen-bond acceptors (Lipinski definition) is 4. The first-order valence-corrected chi connectivity index (χ1v) is 11.3. The summed E-state index contributed by atoms with van der Waals surface area (Å²) in [5.74, 6) is 0.623. The van der Waals surface area contributed by atoms with Crippen LogP contribution in [-0.2, 0) is 13.0 Å². The van der Waals surface area contributed by atoms with Crippen molar-refractivity contribution >= 4 is 32.6 Å². The summed E-state index contributed by atoms with van der Waals surface area (Å²) in [5, 5.41) is 0.667. The maximum Gasteiger partial charge on any atom is 0.260 e. The lowest BCUT2D eigenvalue weighted by atomic mass is 10.0. The molecule has 2 aromatic heterocycles. The zero-order chi connectivity index (χ0) is 21.9. The standard InChI is InChI=1S/C27H22N2O2S/c1-19-9-14-24-25(16-19)32-27(28-24)29(18-23-8-5-15-31-23)26(30)22-12-10-21(11-13-22)17-20-6-3-2-4-7-20/h2-16H,17-18H2,1H3. The van der Waals surface area contributed by atoms with E-state index in [1.807, 2.05) is 66.7 Å². The van der Waals surface area contributed by atoms with Crippen LogP contribution < -0.4 is 4.90 Å². The Bertz CT molecular complexity index is 1340. The number of thiazole rings is 1. The fourth-order valence-corrected chi connectivity index (χ4v) is 4.73. The molecule has 5 heteroatoms. The van der Waals surface area contributed by atoms with Gasteiger partial charge in [0.15, 0.2) is 5.13 Å². The number of anilines is 1. The molecule has 0 fully saturated rings. The largest absolute Gasteiger partial charge is 0.467 e. The molecule has 0 aliphatic rings. The third kappa shape index (κ3) is 4.34. The summed E-state index contributed by atoms with van der Waals surface area (Å²) in [6, 6.07) is 28.0. The highest BCUT2D eigenvalue weighted by Gasteiger charge is 2.23. The number of amides is 1. The summed E-state index contributed by atoms with van der Waals surface area (Å²) in [7, 11) is 0. The zero-order valence-corrected chi connectivity index (χ0v) is 18.5. The first-order chi connectivity index (χ1) is 15.7. The van der Waals surface area contributed by atoms with Crippen LogP contribution in [0.4, 0.5) is 5.13 Å². The van der Waals surface area contributed by atoms with Crippen molar-refractivity contribution in [1.29, 1.82) is 0 Å². The van der Waals surface area contributed by atoms with Crippen molar-refractivity contribution in [3.63, 3.8) is 0 Å². The molecule has 0 saturated carbocycles. The summed E-state index contributed by atoms with van der Waals surface area (Å²) in [6.07, 6.45) is 2.46. The minimum Gasteiger partial charge on any atom is -0.467 e. The molecule has 0 bridgehead atoms. The fourth-order valence-electron chi connectivity index (χ4n) is 3.67. The molecule has 0 radical (unpaired) electrons. The Kier molecular flexibility index (Phi) is 5.57. The molecule has 1 amide bonds. The van der Waals surface area contributed by atoms with Crippen molar-refractivity contribution in [3.8, 4) is 0 Å². The fraction of sp³-hybridized carbons (Fsp3) is 0.111. The highest BCUT2D eigenvalue weighted by atomic mass is 32.1. The van der Waals surface area contributed by atoms with Gasteiger partial charge in [-0.15, -0.1) is 0 Å². The van der Waals surface area contributed by atoms with Crippen LogP contribution >= 0.6 is 11.3 Å². The van der Waals surface area contributed by atoms with E-state index in [1.165, 1.54) is 28.0 Å². The van der Waals surface area contributed by atoms with Crippen LogP contribution in [0.1, 0.15) is 32.8 Å². The molecule has 0 aliphatic heterocycles. The minimum absolute atomic E-state index is 0.0940. The Labute approximate surface area is 190 Å². The number of rotatable bonds is 6. The van der Waals surface area contributed by atoms with Gasteiger partial charge in [0.2, 0.25) is 0 Å². The average Bonchev–Trinajstić information content (AvgIpc) is 3.47. The van der Waals surface area contributed by atoms with E-state index in [1.54, 1.807) is 11.2 Å². The molecular formula is C27H22N2O2S. The van der Waals surface area contributed by atoms with Crippen molar-refractivity contribution in [2.24, 2.45) is 0 Å². The molecule has 0 saturated heterocycles. The molecule has 5 aromatic rings. The van der Waals surface area contributed by atoms with Gasteiger partial charge >= 0.3 is 0 Å². The van der Waals surface area contributed by atoms with E-state index < -0.39 is 0 Å². The smallest absolute Gasteiger partial charge is 0.260 e. The second-order valence-corrected chi connectivity index (χ2v) is 8.81. The van der Waals surface area contributed by atoms with Crippen molar-refractivity contribution in [2.45, 2.75) is 19.9 Å². The van der Waals surface area contributed by atoms with Crippen LogP contribution in [-0.4, -0.2) is 10.9 Å². The molecule has 0 unspecified atom stereocenters. The van der Waals surface area contributed by atoms with E-state index in [0.717, 1.165) is 22.4 Å². The molecule has 5 rings (SSSR count). The highest BCUT2D eigenvalue weighted by Crippen LogP contribution is 2.31. The van der Waals surface area contributed by atoms with Gasteiger partial charge in [-0.2, -0.15) is 0 Å². The topological polar surface area (TPSA) is 46.3 Å². The van der Waals surface area contributed by atoms with Gasteiger partial charge < -0.3 is 4.42 Å². The van der Waals surface area contributed by atoms with Gasteiger partial charge in [-0.25, -0.2) is 4.98 Å². The Morgan fingerprint density at radius 3 is 2.47 bits per heavy atom. The molecule has 0 spiro atoms. The van der Waals surface area contributed by atoms with Crippen LogP contribution in [0.15, 0.2) is 95.6 Å². The number of hydrogen-bond donors (Lipinski definition) is 0. The third-order valence-corrected chi connectivity index (χ3v) is 6.40. The summed E-state index contributed by atoms with van der Waals surface area (Å²) in [6.45, 7) is 2.39. The summed E-state index contributed by atoms with van der Waals surface area (Å²) >= 11 is 1.52.